The van der Waals surface area contributed by atoms with E-state index in [0.29, 0.717) is 5.82 Å². The second kappa shape index (κ2) is 7.06. The summed E-state index contributed by atoms with van der Waals surface area (Å²) in [6, 6.07) is 0. The van der Waals surface area contributed by atoms with Gasteiger partial charge in [0.15, 0.2) is 0 Å². The van der Waals surface area contributed by atoms with Crippen LogP contribution in [0.4, 0.5) is 0 Å². The van der Waals surface area contributed by atoms with Gasteiger partial charge in [0.1, 0.15) is 5.82 Å². The molecular formula is C9H18N2. The van der Waals surface area contributed by atoms with Gasteiger partial charge in [-0.25, -0.2) is 4.99 Å². The molecule has 0 atom stereocenters. The molecule has 2 heteroatoms. The van der Waals surface area contributed by atoms with Crippen LogP contribution < -0.4 is 5.73 Å². The number of aliphatic imine (C=N–C) groups is 1. The first-order chi connectivity index (χ1) is 5.04. The molecule has 0 radical (unpaired) electrons. The Hall–Kier alpha value is -1.05. The summed E-state index contributed by atoms with van der Waals surface area (Å²) < 4.78 is 0. The maximum atomic E-state index is 5.21. The Labute approximate surface area is 69.5 Å². The maximum absolute atomic E-state index is 5.21. The van der Waals surface area contributed by atoms with Crippen LogP contribution in [-0.2, 0) is 0 Å². The molecule has 0 aliphatic rings. The van der Waals surface area contributed by atoms with Gasteiger partial charge in [0, 0.05) is 5.71 Å². The van der Waals surface area contributed by atoms with Gasteiger partial charge in [0.25, 0.3) is 0 Å². The van der Waals surface area contributed by atoms with Crippen molar-refractivity contribution in [3.63, 3.8) is 0 Å². The topological polar surface area (TPSA) is 38.4 Å². The summed E-state index contributed by atoms with van der Waals surface area (Å²) in [6.45, 7) is 14.8. The van der Waals surface area contributed by atoms with Crippen LogP contribution in [0.1, 0.15) is 27.7 Å². The van der Waals surface area contributed by atoms with E-state index in [1.54, 1.807) is 0 Å². The van der Waals surface area contributed by atoms with Crippen molar-refractivity contribution >= 4 is 5.71 Å². The zero-order valence-electron chi connectivity index (χ0n) is 7.94. The molecule has 0 saturated heterocycles. The molecule has 0 aromatic rings. The van der Waals surface area contributed by atoms with Gasteiger partial charge < -0.3 is 5.73 Å². The van der Waals surface area contributed by atoms with Gasteiger partial charge in [-0.3, -0.25) is 0 Å². The SMILES string of the molecule is C=C(N)/N=C(/C)C(=C)C.CC. The molecule has 11 heavy (non-hydrogen) atoms. The molecule has 0 aliphatic carbocycles. The van der Waals surface area contributed by atoms with Crippen LogP contribution in [0.2, 0.25) is 0 Å². The van der Waals surface area contributed by atoms with Crippen LogP contribution >= 0.6 is 0 Å². The van der Waals surface area contributed by atoms with E-state index < -0.39 is 0 Å². The predicted molar refractivity (Wildman–Crippen MR) is 52.6 cm³/mol. The highest BCUT2D eigenvalue weighted by Crippen LogP contribution is 1.93. The van der Waals surface area contributed by atoms with E-state index in [1.165, 1.54) is 0 Å². The first kappa shape index (κ1) is 12.6. The van der Waals surface area contributed by atoms with Crippen molar-refractivity contribution in [3.8, 4) is 0 Å². The fourth-order valence-electron chi connectivity index (χ4n) is 0.311. The lowest BCUT2D eigenvalue weighted by atomic mass is 10.2. The lowest BCUT2D eigenvalue weighted by Gasteiger charge is -1.95. The number of allylic oxidation sites excluding steroid dienone is 1. The average Bonchev–Trinajstić information content (AvgIpc) is 1.90. The molecule has 0 aromatic heterocycles. The van der Waals surface area contributed by atoms with Gasteiger partial charge in [0.2, 0.25) is 0 Å². The summed E-state index contributed by atoms with van der Waals surface area (Å²) in [5.74, 6) is 0.329. The highest BCUT2D eigenvalue weighted by atomic mass is 14.9. The molecule has 0 heterocycles. The summed E-state index contributed by atoms with van der Waals surface area (Å²) >= 11 is 0. The lowest BCUT2D eigenvalue weighted by Crippen LogP contribution is -1.97. The highest BCUT2D eigenvalue weighted by Gasteiger charge is 1.88. The molecule has 0 unspecified atom stereocenters. The van der Waals surface area contributed by atoms with Crippen molar-refractivity contribution in [1.82, 2.24) is 0 Å². The number of nitrogens with zero attached hydrogens (tertiary/aromatic N) is 1. The van der Waals surface area contributed by atoms with E-state index in [1.807, 2.05) is 27.7 Å². The molecule has 2 N–H and O–H groups in total. The Kier molecular flexibility index (Phi) is 8.10. The number of rotatable bonds is 2. The Morgan fingerprint density at radius 3 is 1.64 bits per heavy atom. The third-order valence-electron chi connectivity index (χ3n) is 0.929. The Balaban J connectivity index is 0. The second-order valence-corrected chi connectivity index (χ2v) is 1.97. The van der Waals surface area contributed by atoms with Gasteiger partial charge in [-0.1, -0.05) is 27.0 Å². The van der Waals surface area contributed by atoms with E-state index in [2.05, 4.69) is 18.2 Å². The Morgan fingerprint density at radius 1 is 1.18 bits per heavy atom. The van der Waals surface area contributed by atoms with E-state index >= 15 is 0 Å². The summed E-state index contributed by atoms with van der Waals surface area (Å²) in [7, 11) is 0. The van der Waals surface area contributed by atoms with Crippen LogP contribution in [-0.4, -0.2) is 5.71 Å². The monoisotopic (exact) mass is 154 g/mol. The minimum absolute atomic E-state index is 0.329. The van der Waals surface area contributed by atoms with E-state index in [9.17, 15) is 0 Å². The van der Waals surface area contributed by atoms with E-state index in [-0.39, 0.29) is 0 Å². The third kappa shape index (κ3) is 8.95. The Morgan fingerprint density at radius 2 is 1.55 bits per heavy atom. The standard InChI is InChI=1S/C7H12N2.C2H6/c1-5(2)6(3)9-7(4)8;1-2/h1,4,8H2,2-3H3;1-2H3/b9-6-;. The number of nitrogens with two attached hydrogens (primary N) is 1. The zero-order valence-corrected chi connectivity index (χ0v) is 7.94. The average molecular weight is 154 g/mol. The summed E-state index contributed by atoms with van der Waals surface area (Å²) in [6.07, 6.45) is 0. The number of hydrogen-bond acceptors (Lipinski definition) is 2. The molecule has 0 amide bonds. The molecule has 0 spiro atoms. The molecule has 0 aliphatic heterocycles. The van der Waals surface area contributed by atoms with Crippen LogP contribution in [0, 0.1) is 0 Å². The van der Waals surface area contributed by atoms with Crippen molar-refractivity contribution in [2.24, 2.45) is 10.7 Å². The first-order valence-electron chi connectivity index (χ1n) is 3.69. The summed E-state index contributed by atoms with van der Waals surface area (Å²) in [5.41, 5.74) is 6.96. The molecule has 64 valence electrons. The largest absolute Gasteiger partial charge is 0.384 e. The smallest absolute Gasteiger partial charge is 0.116 e. The van der Waals surface area contributed by atoms with Gasteiger partial charge in [-0.05, 0) is 19.4 Å². The van der Waals surface area contributed by atoms with E-state index in [0.717, 1.165) is 11.3 Å². The highest BCUT2D eigenvalue weighted by molar-refractivity contribution is 5.97. The van der Waals surface area contributed by atoms with E-state index in [4.69, 9.17) is 5.73 Å². The fourth-order valence-corrected chi connectivity index (χ4v) is 0.311. The van der Waals surface area contributed by atoms with Crippen LogP contribution in [0.3, 0.4) is 0 Å². The molecule has 0 saturated carbocycles. The second-order valence-electron chi connectivity index (χ2n) is 1.97. The van der Waals surface area contributed by atoms with Gasteiger partial charge >= 0.3 is 0 Å². The van der Waals surface area contributed by atoms with Crippen LogP contribution in [0.5, 0.6) is 0 Å². The van der Waals surface area contributed by atoms with Crippen LogP contribution in [0.15, 0.2) is 29.5 Å². The van der Waals surface area contributed by atoms with Crippen molar-refractivity contribution in [3.05, 3.63) is 24.6 Å². The minimum atomic E-state index is 0.329. The maximum Gasteiger partial charge on any atom is 0.116 e. The van der Waals surface area contributed by atoms with Crippen LogP contribution in [0.25, 0.3) is 0 Å². The molecule has 0 fully saturated rings. The summed E-state index contributed by atoms with van der Waals surface area (Å²) in [4.78, 5) is 3.88. The molecule has 0 rings (SSSR count). The predicted octanol–water partition coefficient (Wildman–Crippen LogP) is 2.48. The van der Waals surface area contributed by atoms with Crippen molar-refractivity contribution in [1.29, 1.82) is 0 Å². The third-order valence-corrected chi connectivity index (χ3v) is 0.929. The van der Waals surface area contributed by atoms with Crippen molar-refractivity contribution in [2.75, 3.05) is 0 Å². The molecule has 0 aromatic carbocycles. The fraction of sp³-hybridized carbons (Fsp3) is 0.444. The van der Waals surface area contributed by atoms with Crippen molar-refractivity contribution in [2.45, 2.75) is 27.7 Å². The quantitative estimate of drug-likeness (QED) is 0.610. The lowest BCUT2D eigenvalue weighted by molar-refractivity contribution is 1.25. The summed E-state index contributed by atoms with van der Waals surface area (Å²) in [5, 5.41) is 0. The van der Waals surface area contributed by atoms with Crippen molar-refractivity contribution < 1.29 is 0 Å². The first-order valence-corrected chi connectivity index (χ1v) is 3.69. The molecule has 0 bridgehead atoms. The van der Waals surface area contributed by atoms with Gasteiger partial charge in [-0.15, -0.1) is 0 Å². The Bertz CT molecular complexity index is 166. The molecule has 2 nitrogen and oxygen atoms in total. The number of hydrogen-bond donors (Lipinski definition) is 1. The minimum Gasteiger partial charge on any atom is -0.384 e. The van der Waals surface area contributed by atoms with Gasteiger partial charge in [-0.2, -0.15) is 0 Å². The van der Waals surface area contributed by atoms with Gasteiger partial charge in [0.05, 0.1) is 0 Å². The molecular weight excluding hydrogens is 136 g/mol. The normalized spacial score (nSPS) is 9.64. The zero-order chi connectivity index (χ0) is 9.44.